The zero-order valence-corrected chi connectivity index (χ0v) is 37.4. The number of carbonyl (C=O) groups is 2. The molecule has 0 aromatic rings. The molecule has 0 spiro atoms. The van der Waals surface area contributed by atoms with Crippen molar-refractivity contribution in [2.24, 2.45) is 0 Å². The third-order valence-corrected chi connectivity index (χ3v) is 10.0. The number of amides is 1. The molecule has 0 heterocycles. The van der Waals surface area contributed by atoms with Crippen molar-refractivity contribution in [3.05, 3.63) is 97.2 Å². The lowest BCUT2D eigenvalue weighted by atomic mass is 10.0. The van der Waals surface area contributed by atoms with Gasteiger partial charge in [0.2, 0.25) is 5.91 Å². The summed E-state index contributed by atoms with van der Waals surface area (Å²) in [7, 11) is 0. The van der Waals surface area contributed by atoms with Crippen LogP contribution in [0.5, 0.6) is 0 Å². The highest BCUT2D eigenvalue weighted by Gasteiger charge is 2.24. The maximum absolute atomic E-state index is 13.1. The van der Waals surface area contributed by atoms with Crippen LogP contribution in [0.15, 0.2) is 97.2 Å². The fourth-order valence-corrected chi connectivity index (χ4v) is 6.53. The van der Waals surface area contributed by atoms with E-state index in [9.17, 15) is 19.8 Å². The Kier molecular flexibility index (Phi) is 42.4. The summed E-state index contributed by atoms with van der Waals surface area (Å²) in [4.78, 5) is 26.0. The van der Waals surface area contributed by atoms with Crippen LogP contribution >= 0.6 is 0 Å². The Labute approximate surface area is 356 Å². The van der Waals surface area contributed by atoms with Gasteiger partial charge in [0.1, 0.15) is 6.10 Å². The second kappa shape index (κ2) is 44.9. The Morgan fingerprint density at radius 3 is 1.59 bits per heavy atom. The van der Waals surface area contributed by atoms with Crippen LogP contribution in [0, 0.1) is 0 Å². The number of aliphatic hydroxyl groups excluding tert-OH is 2. The van der Waals surface area contributed by atoms with Crippen LogP contribution in [0.2, 0.25) is 0 Å². The molecule has 6 heteroatoms. The summed E-state index contributed by atoms with van der Waals surface area (Å²) in [5.41, 5.74) is 0. The molecule has 1 amide bonds. The predicted octanol–water partition coefficient (Wildman–Crippen LogP) is 13.8. The van der Waals surface area contributed by atoms with Gasteiger partial charge in [0.25, 0.3) is 0 Å². The Morgan fingerprint density at radius 1 is 0.534 bits per heavy atom. The first-order valence-electron chi connectivity index (χ1n) is 23.5. The van der Waals surface area contributed by atoms with Gasteiger partial charge >= 0.3 is 5.97 Å². The Balaban J connectivity index is 4.74. The number of carbonyl (C=O) groups excluding carboxylic acids is 2. The monoisotopic (exact) mass is 806 g/mol. The highest BCUT2D eigenvalue weighted by molar-refractivity contribution is 5.77. The first-order chi connectivity index (χ1) is 28.5. The van der Waals surface area contributed by atoms with E-state index < -0.39 is 18.2 Å². The molecular weight excluding hydrogens is 719 g/mol. The van der Waals surface area contributed by atoms with Crippen molar-refractivity contribution in [1.82, 2.24) is 5.32 Å². The number of allylic oxidation sites excluding steroid dienone is 16. The normalized spacial score (nSPS) is 14.2. The molecular formula is C52H87NO5. The van der Waals surface area contributed by atoms with Crippen molar-refractivity contribution in [1.29, 1.82) is 0 Å². The summed E-state index contributed by atoms with van der Waals surface area (Å²) in [6.07, 6.45) is 59.0. The average molecular weight is 806 g/mol. The summed E-state index contributed by atoms with van der Waals surface area (Å²) in [5, 5.41) is 23.7. The molecule has 3 N–H and O–H groups in total. The van der Waals surface area contributed by atoms with Gasteiger partial charge < -0.3 is 20.3 Å². The smallest absolute Gasteiger partial charge is 0.306 e. The minimum Gasteiger partial charge on any atom is -0.462 e. The maximum atomic E-state index is 13.1. The molecule has 0 saturated carbocycles. The van der Waals surface area contributed by atoms with Crippen LogP contribution in [-0.4, -0.2) is 46.9 Å². The van der Waals surface area contributed by atoms with Gasteiger partial charge in [-0.15, -0.1) is 0 Å². The summed E-state index contributed by atoms with van der Waals surface area (Å²) in [6.45, 7) is 6.17. The Bertz CT molecular complexity index is 1180. The van der Waals surface area contributed by atoms with Gasteiger partial charge in [-0.1, -0.05) is 208 Å². The molecule has 0 aliphatic rings. The quantitative estimate of drug-likeness (QED) is 0.0248. The molecule has 0 aliphatic carbocycles. The third kappa shape index (κ3) is 39.6. The van der Waals surface area contributed by atoms with E-state index in [1.807, 2.05) is 54.7 Å². The van der Waals surface area contributed by atoms with Crippen molar-refractivity contribution in [2.45, 2.75) is 212 Å². The molecule has 0 saturated heterocycles. The number of aliphatic hydroxyl groups is 2. The fraction of sp³-hybridized carbons (Fsp3) is 0.654. The van der Waals surface area contributed by atoms with Crippen LogP contribution < -0.4 is 5.32 Å². The summed E-state index contributed by atoms with van der Waals surface area (Å²) < 4.78 is 5.84. The third-order valence-electron chi connectivity index (χ3n) is 10.0. The molecule has 0 radical (unpaired) electrons. The van der Waals surface area contributed by atoms with E-state index in [-0.39, 0.29) is 31.3 Å². The van der Waals surface area contributed by atoms with Crippen LogP contribution in [0.1, 0.15) is 194 Å². The number of nitrogens with one attached hydrogen (secondary N) is 1. The number of hydrogen-bond donors (Lipinski definition) is 3. The molecule has 3 atom stereocenters. The first kappa shape index (κ1) is 54.8. The molecule has 0 aromatic heterocycles. The second-order valence-electron chi connectivity index (χ2n) is 15.5. The van der Waals surface area contributed by atoms with Crippen molar-refractivity contribution < 1.29 is 24.5 Å². The van der Waals surface area contributed by atoms with Gasteiger partial charge in [0.15, 0.2) is 0 Å². The SMILES string of the molecule is CC/C=C/C=C/C=C\C=C/C=C/CCCC(=O)OC(CCCC/C=C/C/C=C/C/C=C/CC)CC(=O)NC(CO)C(O)CCCCCCCCCCCCCCCC. The van der Waals surface area contributed by atoms with Crippen molar-refractivity contribution in [3.8, 4) is 0 Å². The van der Waals surface area contributed by atoms with Gasteiger partial charge in [-0.25, -0.2) is 0 Å². The molecule has 0 aromatic carbocycles. The zero-order chi connectivity index (χ0) is 42.4. The summed E-state index contributed by atoms with van der Waals surface area (Å²) >= 11 is 0. The van der Waals surface area contributed by atoms with Crippen molar-refractivity contribution >= 4 is 11.9 Å². The lowest BCUT2D eigenvalue weighted by Gasteiger charge is -2.24. The Hall–Kier alpha value is -3.22. The number of hydrogen-bond acceptors (Lipinski definition) is 5. The van der Waals surface area contributed by atoms with Crippen LogP contribution in [-0.2, 0) is 14.3 Å². The highest BCUT2D eigenvalue weighted by atomic mass is 16.5. The molecule has 0 aliphatic heterocycles. The number of rotatable bonds is 40. The molecule has 58 heavy (non-hydrogen) atoms. The molecule has 0 fully saturated rings. The standard InChI is InChI=1S/C52H87NO5/c1-4-7-10-13-16-19-22-25-27-29-32-35-38-41-44-50(55)49(47-54)53-51(56)46-48(43-40-37-34-31-28-24-21-18-15-12-9-6-3)58-52(57)45-42-39-36-33-30-26-23-20-17-14-11-8-5-2/h8-9,11-12,14,17-18,20-21,23,26,28,30-31,33,36,48-50,54-55H,4-7,10,13,15-16,19,22,24-25,27,29,32,34-35,37-47H2,1-3H3,(H,53,56)/b11-8+,12-9+,17-14+,21-18+,23-20-,30-26-,31-28+,36-33+. The van der Waals surface area contributed by atoms with E-state index in [0.29, 0.717) is 19.3 Å². The highest BCUT2D eigenvalue weighted by Crippen LogP contribution is 2.16. The minimum atomic E-state index is -0.814. The molecule has 0 bridgehead atoms. The molecule has 3 unspecified atom stereocenters. The first-order valence-corrected chi connectivity index (χ1v) is 23.5. The second-order valence-corrected chi connectivity index (χ2v) is 15.5. The van der Waals surface area contributed by atoms with Crippen LogP contribution in [0.3, 0.4) is 0 Å². The number of unbranched alkanes of at least 4 members (excludes halogenated alkanes) is 16. The summed E-state index contributed by atoms with van der Waals surface area (Å²) in [5.74, 6) is -0.611. The van der Waals surface area contributed by atoms with Gasteiger partial charge in [-0.2, -0.15) is 0 Å². The largest absolute Gasteiger partial charge is 0.462 e. The Morgan fingerprint density at radius 2 is 1.02 bits per heavy atom. The van der Waals surface area contributed by atoms with E-state index in [0.717, 1.165) is 70.6 Å². The van der Waals surface area contributed by atoms with Gasteiger partial charge in [0, 0.05) is 6.42 Å². The van der Waals surface area contributed by atoms with E-state index in [4.69, 9.17) is 4.74 Å². The van der Waals surface area contributed by atoms with E-state index >= 15 is 0 Å². The van der Waals surface area contributed by atoms with Crippen LogP contribution in [0.4, 0.5) is 0 Å². The average Bonchev–Trinajstić information content (AvgIpc) is 3.22. The number of esters is 1. The molecule has 330 valence electrons. The van der Waals surface area contributed by atoms with Crippen LogP contribution in [0.25, 0.3) is 0 Å². The zero-order valence-electron chi connectivity index (χ0n) is 37.4. The lowest BCUT2D eigenvalue weighted by Crippen LogP contribution is -2.46. The topological polar surface area (TPSA) is 95.9 Å². The van der Waals surface area contributed by atoms with Gasteiger partial charge in [-0.05, 0) is 70.6 Å². The van der Waals surface area contributed by atoms with Gasteiger partial charge in [-0.3, -0.25) is 9.59 Å². The minimum absolute atomic E-state index is 0.0171. The number of ether oxygens (including phenoxy) is 1. The van der Waals surface area contributed by atoms with Crippen molar-refractivity contribution in [2.75, 3.05) is 6.61 Å². The summed E-state index contributed by atoms with van der Waals surface area (Å²) in [6, 6.07) is -0.733. The van der Waals surface area contributed by atoms with Gasteiger partial charge in [0.05, 0.1) is 25.2 Å². The maximum Gasteiger partial charge on any atom is 0.306 e. The predicted molar refractivity (Wildman–Crippen MR) is 250 cm³/mol. The van der Waals surface area contributed by atoms with E-state index in [2.05, 4.69) is 68.6 Å². The fourth-order valence-electron chi connectivity index (χ4n) is 6.53. The molecule has 6 nitrogen and oxygen atoms in total. The van der Waals surface area contributed by atoms with E-state index in [1.54, 1.807) is 0 Å². The lowest BCUT2D eigenvalue weighted by molar-refractivity contribution is -0.151. The van der Waals surface area contributed by atoms with E-state index in [1.165, 1.54) is 70.6 Å². The van der Waals surface area contributed by atoms with Crippen molar-refractivity contribution in [3.63, 3.8) is 0 Å². The molecule has 0 rings (SSSR count).